The molecule has 132 valence electrons. The average molecular weight is 361 g/mol. The van der Waals surface area contributed by atoms with Gasteiger partial charge >= 0.3 is 0 Å². The van der Waals surface area contributed by atoms with Gasteiger partial charge in [-0.2, -0.15) is 5.10 Å². The summed E-state index contributed by atoms with van der Waals surface area (Å²) in [5, 5.41) is 4.86. The zero-order valence-corrected chi connectivity index (χ0v) is 14.4. The number of carbonyl (C=O) groups excluding carboxylic acids is 1. The lowest BCUT2D eigenvalue weighted by Crippen LogP contribution is -2.32. The van der Waals surface area contributed by atoms with Crippen LogP contribution in [0.2, 0.25) is 0 Å². The van der Waals surface area contributed by atoms with Gasteiger partial charge in [-0.1, -0.05) is 11.8 Å². The van der Waals surface area contributed by atoms with E-state index in [9.17, 15) is 4.79 Å². The van der Waals surface area contributed by atoms with Gasteiger partial charge in [-0.25, -0.2) is 9.97 Å². The molecule has 2 atom stereocenters. The van der Waals surface area contributed by atoms with Crippen molar-refractivity contribution in [3.8, 4) is 0 Å². The molecular weight excluding hydrogens is 342 g/mol. The van der Waals surface area contributed by atoms with Crippen molar-refractivity contribution in [2.24, 2.45) is 0 Å². The lowest BCUT2D eigenvalue weighted by atomic mass is 10.3. The molecule has 0 radical (unpaired) electrons. The Morgan fingerprint density at radius 1 is 1.12 bits per heavy atom. The molecule has 2 saturated heterocycles. The summed E-state index contributed by atoms with van der Waals surface area (Å²) in [4.78, 5) is 22.5. The highest BCUT2D eigenvalue weighted by Gasteiger charge is 2.39. The number of nitrogens with zero attached hydrogens (tertiary/aromatic N) is 5. The fourth-order valence-corrected chi connectivity index (χ4v) is 3.72. The predicted octanol–water partition coefficient (Wildman–Crippen LogP) is 0.633. The van der Waals surface area contributed by atoms with Crippen LogP contribution in [0.25, 0.3) is 0 Å². The van der Waals surface area contributed by atoms with Gasteiger partial charge in [0.1, 0.15) is 12.2 Å². The zero-order chi connectivity index (χ0) is 17.1. The minimum atomic E-state index is -0.0810. The molecule has 0 bridgehead atoms. The second-order valence-electron chi connectivity index (χ2n) is 6.00. The lowest BCUT2D eigenvalue weighted by Gasteiger charge is -2.18. The largest absolute Gasteiger partial charge is 0.371 e. The Hall–Kier alpha value is -1.97. The molecule has 2 aliphatic rings. The predicted molar refractivity (Wildman–Crippen MR) is 90.1 cm³/mol. The van der Waals surface area contributed by atoms with Crippen molar-refractivity contribution in [2.45, 2.75) is 23.4 Å². The number of hydrogen-bond acceptors (Lipinski definition) is 7. The van der Waals surface area contributed by atoms with E-state index in [0.29, 0.717) is 37.2 Å². The van der Waals surface area contributed by atoms with Crippen LogP contribution < -0.4 is 0 Å². The highest BCUT2D eigenvalue weighted by molar-refractivity contribution is 7.99. The van der Waals surface area contributed by atoms with Gasteiger partial charge < -0.3 is 14.4 Å². The number of likely N-dealkylation sites (tertiary alicyclic amines) is 1. The molecule has 1 amide bonds. The standard InChI is InChI=1S/C16H19N5O3S/c22-15(11-25-16-17-3-1-4-18-16)20-7-13-14(8-20)24-10-12(9-23-13)21-6-2-5-19-21/h1-6,12-14H,7-11H2/t13-,14-/m0/s1. The number of fused-ring (bicyclic) bond motifs is 1. The first-order valence-corrected chi connectivity index (χ1v) is 9.18. The Labute approximate surface area is 149 Å². The summed E-state index contributed by atoms with van der Waals surface area (Å²) in [5.74, 6) is 0.376. The van der Waals surface area contributed by atoms with Crippen molar-refractivity contribution < 1.29 is 14.3 Å². The summed E-state index contributed by atoms with van der Waals surface area (Å²) in [5.41, 5.74) is 0. The van der Waals surface area contributed by atoms with Crippen molar-refractivity contribution in [3.05, 3.63) is 36.9 Å². The minimum Gasteiger partial charge on any atom is -0.371 e. The van der Waals surface area contributed by atoms with Gasteiger partial charge in [-0.3, -0.25) is 9.48 Å². The third-order valence-electron chi connectivity index (χ3n) is 4.34. The third-order valence-corrected chi connectivity index (χ3v) is 5.20. The Morgan fingerprint density at radius 2 is 1.84 bits per heavy atom. The molecule has 4 heterocycles. The molecule has 2 aliphatic heterocycles. The fraction of sp³-hybridized carbons (Fsp3) is 0.500. The molecule has 4 rings (SSSR count). The number of thioether (sulfide) groups is 1. The van der Waals surface area contributed by atoms with Gasteiger partial charge in [0.25, 0.3) is 0 Å². The maximum Gasteiger partial charge on any atom is 0.233 e. The van der Waals surface area contributed by atoms with E-state index in [1.807, 2.05) is 16.9 Å². The summed E-state index contributed by atoms with van der Waals surface area (Å²) in [6.07, 6.45) is 6.85. The summed E-state index contributed by atoms with van der Waals surface area (Å²) >= 11 is 1.34. The Bertz CT molecular complexity index is 683. The second-order valence-corrected chi connectivity index (χ2v) is 6.94. The highest BCUT2D eigenvalue weighted by atomic mass is 32.2. The summed E-state index contributed by atoms with van der Waals surface area (Å²) in [6.45, 7) is 2.20. The van der Waals surface area contributed by atoms with E-state index in [2.05, 4.69) is 15.1 Å². The van der Waals surface area contributed by atoms with Crippen LogP contribution in [0.5, 0.6) is 0 Å². The normalized spacial score (nSPS) is 24.1. The van der Waals surface area contributed by atoms with Crippen LogP contribution >= 0.6 is 11.8 Å². The average Bonchev–Trinajstić information content (AvgIpc) is 3.28. The highest BCUT2D eigenvalue weighted by Crippen LogP contribution is 2.24. The van der Waals surface area contributed by atoms with Gasteiger partial charge in [0.05, 0.1) is 25.0 Å². The number of amides is 1. The zero-order valence-electron chi connectivity index (χ0n) is 13.6. The van der Waals surface area contributed by atoms with Gasteiger partial charge in [0.15, 0.2) is 5.16 Å². The van der Waals surface area contributed by atoms with Gasteiger partial charge in [-0.05, 0) is 12.1 Å². The van der Waals surface area contributed by atoms with E-state index in [4.69, 9.17) is 9.47 Å². The van der Waals surface area contributed by atoms with Crippen LogP contribution in [0.3, 0.4) is 0 Å². The van der Waals surface area contributed by atoms with E-state index >= 15 is 0 Å². The van der Waals surface area contributed by atoms with E-state index in [-0.39, 0.29) is 24.2 Å². The molecular formula is C16H19N5O3S. The molecule has 0 unspecified atom stereocenters. The van der Waals surface area contributed by atoms with Crippen molar-refractivity contribution >= 4 is 17.7 Å². The smallest absolute Gasteiger partial charge is 0.233 e. The van der Waals surface area contributed by atoms with E-state index in [1.54, 1.807) is 29.6 Å². The monoisotopic (exact) mass is 361 g/mol. The molecule has 2 aromatic rings. The molecule has 9 heteroatoms. The Morgan fingerprint density at radius 3 is 2.48 bits per heavy atom. The molecule has 8 nitrogen and oxygen atoms in total. The van der Waals surface area contributed by atoms with Crippen LogP contribution in [-0.4, -0.2) is 74.8 Å². The van der Waals surface area contributed by atoms with Crippen molar-refractivity contribution in [3.63, 3.8) is 0 Å². The topological polar surface area (TPSA) is 82.4 Å². The van der Waals surface area contributed by atoms with E-state index in [0.717, 1.165) is 0 Å². The lowest BCUT2D eigenvalue weighted by molar-refractivity contribution is -0.128. The SMILES string of the molecule is O=C(CSc1ncccn1)N1C[C@@H]2OCC(n3cccn3)CO[C@H]2C1. The number of aromatic nitrogens is 4. The molecule has 0 spiro atoms. The van der Waals surface area contributed by atoms with Crippen LogP contribution in [-0.2, 0) is 14.3 Å². The van der Waals surface area contributed by atoms with Gasteiger partial charge in [0, 0.05) is 37.9 Å². The number of carbonyl (C=O) groups is 1. The Kier molecular flexibility index (Phi) is 4.95. The van der Waals surface area contributed by atoms with Gasteiger partial charge in [-0.15, -0.1) is 0 Å². The molecule has 0 aromatic carbocycles. The maximum absolute atomic E-state index is 12.4. The van der Waals surface area contributed by atoms with Crippen LogP contribution in [0, 0.1) is 0 Å². The third kappa shape index (κ3) is 3.83. The quantitative estimate of drug-likeness (QED) is 0.583. The number of rotatable bonds is 4. The minimum absolute atomic E-state index is 0.0568. The maximum atomic E-state index is 12.4. The number of ether oxygens (including phenoxy) is 2. The first-order valence-electron chi connectivity index (χ1n) is 8.19. The van der Waals surface area contributed by atoms with Crippen LogP contribution in [0.15, 0.2) is 42.1 Å². The molecule has 2 aromatic heterocycles. The Balaban J connectivity index is 1.29. The van der Waals surface area contributed by atoms with Crippen molar-refractivity contribution in [1.29, 1.82) is 0 Å². The summed E-state index contributed by atoms with van der Waals surface area (Å²) < 4.78 is 13.9. The summed E-state index contributed by atoms with van der Waals surface area (Å²) in [7, 11) is 0. The number of hydrogen-bond donors (Lipinski definition) is 0. The van der Waals surface area contributed by atoms with Crippen molar-refractivity contribution in [2.75, 3.05) is 32.1 Å². The summed E-state index contributed by atoms with van der Waals surface area (Å²) in [6, 6.07) is 3.72. The first kappa shape index (κ1) is 16.5. The van der Waals surface area contributed by atoms with E-state index in [1.165, 1.54) is 11.8 Å². The fourth-order valence-electron chi connectivity index (χ4n) is 3.01. The van der Waals surface area contributed by atoms with Crippen molar-refractivity contribution in [1.82, 2.24) is 24.6 Å². The molecule has 0 aliphatic carbocycles. The van der Waals surface area contributed by atoms with Crippen LogP contribution in [0.4, 0.5) is 0 Å². The molecule has 0 N–H and O–H groups in total. The first-order chi connectivity index (χ1) is 12.3. The van der Waals surface area contributed by atoms with E-state index < -0.39 is 0 Å². The molecule has 0 saturated carbocycles. The molecule has 25 heavy (non-hydrogen) atoms. The molecule has 2 fully saturated rings. The van der Waals surface area contributed by atoms with Crippen LogP contribution in [0.1, 0.15) is 6.04 Å². The second kappa shape index (κ2) is 7.51. The van der Waals surface area contributed by atoms with Gasteiger partial charge in [0.2, 0.25) is 5.91 Å².